The second-order valence-electron chi connectivity index (χ2n) is 3.88. The lowest BCUT2D eigenvalue weighted by atomic mass is 10.3. The Morgan fingerprint density at radius 2 is 2.20 bits per heavy atom. The number of benzene rings is 1. The van der Waals surface area contributed by atoms with Crippen LogP contribution in [0.25, 0.3) is 0 Å². The highest BCUT2D eigenvalue weighted by atomic mass is 19.1. The van der Waals surface area contributed by atoms with Gasteiger partial charge in [-0.15, -0.1) is 0 Å². The van der Waals surface area contributed by atoms with Gasteiger partial charge in [-0.1, -0.05) is 0 Å². The minimum Gasteiger partial charge on any atom is -0.454 e. The zero-order valence-electron chi connectivity index (χ0n) is 10.7. The zero-order chi connectivity index (χ0) is 14.5. The van der Waals surface area contributed by atoms with Crippen LogP contribution in [0.15, 0.2) is 36.5 Å². The molecule has 0 fully saturated rings. The van der Waals surface area contributed by atoms with E-state index in [2.05, 4.69) is 10.3 Å². The summed E-state index contributed by atoms with van der Waals surface area (Å²) >= 11 is 0. The van der Waals surface area contributed by atoms with Crippen molar-refractivity contribution in [3.05, 3.63) is 52.5 Å². The lowest BCUT2D eigenvalue weighted by Gasteiger charge is -2.08. The van der Waals surface area contributed by atoms with E-state index in [9.17, 15) is 14.5 Å². The van der Waals surface area contributed by atoms with Gasteiger partial charge in [0.1, 0.15) is 11.6 Å². The van der Waals surface area contributed by atoms with Crippen LogP contribution in [-0.2, 0) is 0 Å². The van der Waals surface area contributed by atoms with Crippen LogP contribution < -0.4 is 10.1 Å². The molecule has 1 aromatic heterocycles. The summed E-state index contributed by atoms with van der Waals surface area (Å²) in [7, 11) is 0. The molecule has 1 N–H and O–H groups in total. The first kappa shape index (κ1) is 13.7. The van der Waals surface area contributed by atoms with Crippen molar-refractivity contribution in [3.63, 3.8) is 0 Å². The molecule has 20 heavy (non-hydrogen) atoms. The van der Waals surface area contributed by atoms with Crippen molar-refractivity contribution in [3.8, 4) is 11.5 Å². The molecule has 1 aromatic carbocycles. The molecule has 0 aliphatic rings. The van der Waals surface area contributed by atoms with Gasteiger partial charge in [0.15, 0.2) is 11.6 Å². The van der Waals surface area contributed by atoms with Crippen LogP contribution in [0.5, 0.6) is 11.5 Å². The van der Waals surface area contributed by atoms with E-state index >= 15 is 0 Å². The number of nitro benzene ring substituents is 1. The Labute approximate surface area is 114 Å². The Balaban J connectivity index is 2.21. The molecule has 0 saturated heterocycles. The van der Waals surface area contributed by atoms with E-state index in [1.807, 2.05) is 6.92 Å². The first-order valence-electron chi connectivity index (χ1n) is 5.92. The monoisotopic (exact) mass is 277 g/mol. The molecule has 0 unspecified atom stereocenters. The van der Waals surface area contributed by atoms with E-state index in [-0.39, 0.29) is 11.4 Å². The highest BCUT2D eigenvalue weighted by Gasteiger charge is 2.12. The Morgan fingerprint density at radius 1 is 1.40 bits per heavy atom. The summed E-state index contributed by atoms with van der Waals surface area (Å²) in [6.07, 6.45) is 1.52. The van der Waals surface area contributed by atoms with Crippen LogP contribution in [-0.4, -0.2) is 16.5 Å². The lowest BCUT2D eigenvalue weighted by Crippen LogP contribution is -1.99. The quantitative estimate of drug-likeness (QED) is 0.669. The van der Waals surface area contributed by atoms with Gasteiger partial charge in [-0.3, -0.25) is 10.1 Å². The molecule has 0 saturated carbocycles. The number of hydrogen-bond acceptors (Lipinski definition) is 5. The fourth-order valence-electron chi connectivity index (χ4n) is 1.57. The SMILES string of the molecule is CCNc1cc(Oc2ccc([N+](=O)[O-])cc2F)ccn1. The summed E-state index contributed by atoms with van der Waals surface area (Å²) in [5, 5.41) is 13.5. The molecule has 2 aromatic rings. The van der Waals surface area contributed by atoms with Crippen molar-refractivity contribution in [1.82, 2.24) is 4.98 Å². The average Bonchev–Trinajstić information content (AvgIpc) is 2.42. The topological polar surface area (TPSA) is 77.3 Å². The van der Waals surface area contributed by atoms with E-state index in [4.69, 9.17) is 4.74 Å². The summed E-state index contributed by atoms with van der Waals surface area (Å²) in [4.78, 5) is 13.9. The lowest BCUT2D eigenvalue weighted by molar-refractivity contribution is -0.385. The maximum atomic E-state index is 13.7. The Kier molecular flexibility index (Phi) is 4.09. The number of nitro groups is 1. The van der Waals surface area contributed by atoms with Crippen molar-refractivity contribution < 1.29 is 14.1 Å². The minimum absolute atomic E-state index is 0.0794. The van der Waals surface area contributed by atoms with Crippen LogP contribution in [0.4, 0.5) is 15.9 Å². The van der Waals surface area contributed by atoms with Gasteiger partial charge >= 0.3 is 0 Å². The van der Waals surface area contributed by atoms with Crippen LogP contribution >= 0.6 is 0 Å². The van der Waals surface area contributed by atoms with Crippen LogP contribution in [0.2, 0.25) is 0 Å². The van der Waals surface area contributed by atoms with Crippen molar-refractivity contribution in [2.24, 2.45) is 0 Å². The first-order valence-corrected chi connectivity index (χ1v) is 5.92. The maximum Gasteiger partial charge on any atom is 0.272 e. The summed E-state index contributed by atoms with van der Waals surface area (Å²) in [5.74, 6) is 0.126. The molecule has 2 rings (SSSR count). The number of non-ortho nitro benzene ring substituents is 1. The highest BCUT2D eigenvalue weighted by molar-refractivity contribution is 5.44. The van der Waals surface area contributed by atoms with E-state index in [0.717, 1.165) is 6.07 Å². The molecule has 0 aliphatic carbocycles. The first-order chi connectivity index (χ1) is 9.60. The Bertz CT molecular complexity index is 634. The summed E-state index contributed by atoms with van der Waals surface area (Å²) in [6, 6.07) is 6.42. The summed E-state index contributed by atoms with van der Waals surface area (Å²) < 4.78 is 19.0. The average molecular weight is 277 g/mol. The predicted molar refractivity (Wildman–Crippen MR) is 71.5 cm³/mol. The van der Waals surface area contributed by atoms with E-state index in [1.54, 1.807) is 12.1 Å². The third-order valence-corrected chi connectivity index (χ3v) is 2.44. The largest absolute Gasteiger partial charge is 0.454 e. The van der Waals surface area contributed by atoms with Gasteiger partial charge in [-0.25, -0.2) is 9.37 Å². The van der Waals surface area contributed by atoms with Gasteiger partial charge in [0.05, 0.1) is 11.0 Å². The second-order valence-corrected chi connectivity index (χ2v) is 3.88. The molecular formula is C13H12FN3O3. The number of halogens is 1. The smallest absolute Gasteiger partial charge is 0.272 e. The maximum absolute atomic E-state index is 13.7. The normalized spacial score (nSPS) is 10.1. The van der Waals surface area contributed by atoms with Crippen LogP contribution in [0, 0.1) is 15.9 Å². The van der Waals surface area contributed by atoms with Crippen LogP contribution in [0.3, 0.4) is 0 Å². The number of nitrogens with one attached hydrogen (secondary N) is 1. The van der Waals surface area contributed by atoms with Gasteiger partial charge in [-0.05, 0) is 19.1 Å². The fraction of sp³-hybridized carbons (Fsp3) is 0.154. The second kappa shape index (κ2) is 5.96. The molecule has 104 valence electrons. The number of hydrogen-bond donors (Lipinski definition) is 1. The predicted octanol–water partition coefficient (Wildman–Crippen LogP) is 3.35. The van der Waals surface area contributed by atoms with Gasteiger partial charge in [0, 0.05) is 24.9 Å². The van der Waals surface area contributed by atoms with Crippen LogP contribution in [0.1, 0.15) is 6.92 Å². The number of ether oxygens (including phenoxy) is 1. The number of nitrogens with zero attached hydrogens (tertiary/aromatic N) is 2. The Hall–Kier alpha value is -2.70. The zero-order valence-corrected chi connectivity index (χ0v) is 10.7. The molecule has 0 atom stereocenters. The fourth-order valence-corrected chi connectivity index (χ4v) is 1.57. The standard InChI is InChI=1S/C13H12FN3O3/c1-2-15-13-8-10(5-6-16-13)20-12-4-3-9(17(18)19)7-11(12)14/h3-8H,2H2,1H3,(H,15,16). The van der Waals surface area contributed by atoms with Crippen molar-refractivity contribution in [2.45, 2.75) is 6.92 Å². The highest BCUT2D eigenvalue weighted by Crippen LogP contribution is 2.28. The van der Waals surface area contributed by atoms with E-state index in [1.165, 1.54) is 18.3 Å². The van der Waals surface area contributed by atoms with Crippen molar-refractivity contribution in [1.29, 1.82) is 0 Å². The number of aromatic nitrogens is 1. The van der Waals surface area contributed by atoms with E-state index < -0.39 is 10.7 Å². The molecule has 0 radical (unpaired) electrons. The molecule has 0 bridgehead atoms. The number of rotatable bonds is 5. The summed E-state index contributed by atoms with van der Waals surface area (Å²) in [6.45, 7) is 2.62. The van der Waals surface area contributed by atoms with Gasteiger partial charge in [0.25, 0.3) is 5.69 Å². The molecule has 0 amide bonds. The molecular weight excluding hydrogens is 265 g/mol. The summed E-state index contributed by atoms with van der Waals surface area (Å²) in [5.41, 5.74) is -0.321. The van der Waals surface area contributed by atoms with Gasteiger partial charge in [0.2, 0.25) is 0 Å². The molecule has 1 heterocycles. The number of pyridine rings is 1. The van der Waals surface area contributed by atoms with Gasteiger partial charge < -0.3 is 10.1 Å². The van der Waals surface area contributed by atoms with Crippen molar-refractivity contribution in [2.75, 3.05) is 11.9 Å². The third-order valence-electron chi connectivity index (χ3n) is 2.44. The van der Waals surface area contributed by atoms with Crippen molar-refractivity contribution >= 4 is 11.5 Å². The minimum atomic E-state index is -0.791. The van der Waals surface area contributed by atoms with Gasteiger partial charge in [-0.2, -0.15) is 0 Å². The molecule has 0 aliphatic heterocycles. The number of anilines is 1. The molecule has 6 nitrogen and oxygen atoms in total. The molecule has 7 heteroatoms. The van der Waals surface area contributed by atoms with E-state index in [0.29, 0.717) is 18.1 Å². The third kappa shape index (κ3) is 3.19. The molecule has 0 spiro atoms. The Morgan fingerprint density at radius 3 is 2.85 bits per heavy atom.